The van der Waals surface area contributed by atoms with Crippen LogP contribution in [0.3, 0.4) is 0 Å². The average Bonchev–Trinajstić information content (AvgIpc) is 3.23. The number of aromatic nitrogens is 6. The Kier molecular flexibility index (Phi) is 4.09. The first kappa shape index (κ1) is 17.2. The highest BCUT2D eigenvalue weighted by Gasteiger charge is 2.17. The van der Waals surface area contributed by atoms with Crippen LogP contribution in [0.5, 0.6) is 0 Å². The molecule has 0 aliphatic heterocycles. The van der Waals surface area contributed by atoms with Gasteiger partial charge in [-0.2, -0.15) is 0 Å². The lowest BCUT2D eigenvalue weighted by molar-refractivity contribution is 0.629. The number of fused-ring (bicyclic) bond motifs is 2. The van der Waals surface area contributed by atoms with Gasteiger partial charge in [0.25, 0.3) is 0 Å². The number of imidazole rings is 1. The minimum atomic E-state index is -0.316. The summed E-state index contributed by atoms with van der Waals surface area (Å²) in [6, 6.07) is 10.3. The van der Waals surface area contributed by atoms with Gasteiger partial charge in [0.1, 0.15) is 17.7 Å². The summed E-state index contributed by atoms with van der Waals surface area (Å²) >= 11 is 0. The number of pyridine rings is 2. The minimum Gasteiger partial charge on any atom is -0.362 e. The van der Waals surface area contributed by atoms with Gasteiger partial charge in [-0.1, -0.05) is 0 Å². The highest BCUT2D eigenvalue weighted by atomic mass is 19.1. The van der Waals surface area contributed by atoms with Crippen LogP contribution in [0.15, 0.2) is 61.4 Å². The lowest BCUT2D eigenvalue weighted by Crippen LogP contribution is -2.11. The lowest BCUT2D eigenvalue weighted by atomic mass is 9.99. The van der Waals surface area contributed by atoms with Crippen molar-refractivity contribution < 1.29 is 4.39 Å². The Bertz CT molecular complexity index is 1320. The number of nitrogens with zero attached hydrogens (tertiary/aromatic N) is 5. The van der Waals surface area contributed by atoms with Crippen molar-refractivity contribution in [3.8, 4) is 11.3 Å². The summed E-state index contributed by atoms with van der Waals surface area (Å²) in [5, 5.41) is 4.28. The number of hydrogen-bond acceptors (Lipinski definition) is 6. The Hall–Kier alpha value is -3.94. The standard InChI is InChI=1S/C21H16FN7/c1-12(28-21-19-20(25-10-24-19)26-11-27-21)16-7-13-4-5-15(22)8-17(13)29-18(16)14-3-2-6-23-9-14/h2-12H,1H3,(H2,24,25,26,27,28). The summed E-state index contributed by atoms with van der Waals surface area (Å²) in [4.78, 5) is 24.7. The predicted molar refractivity (Wildman–Crippen MR) is 109 cm³/mol. The first-order chi connectivity index (χ1) is 14.2. The molecule has 2 N–H and O–H groups in total. The summed E-state index contributed by atoms with van der Waals surface area (Å²) < 4.78 is 13.7. The molecule has 0 aliphatic rings. The van der Waals surface area contributed by atoms with Crippen LogP contribution in [-0.4, -0.2) is 29.9 Å². The molecule has 0 amide bonds. The number of rotatable bonds is 4. The SMILES string of the molecule is CC(Nc1ncnc2nc[nH]c12)c1cc2ccc(F)cc2nc1-c1cccnc1. The van der Waals surface area contributed by atoms with Gasteiger partial charge in [0.15, 0.2) is 11.5 Å². The van der Waals surface area contributed by atoms with Crippen LogP contribution in [0.2, 0.25) is 0 Å². The number of benzene rings is 1. The van der Waals surface area contributed by atoms with Gasteiger partial charge in [0, 0.05) is 35.0 Å². The normalized spacial score (nSPS) is 12.3. The summed E-state index contributed by atoms with van der Waals surface area (Å²) in [5.74, 6) is 0.333. The fourth-order valence-electron chi connectivity index (χ4n) is 3.38. The molecule has 5 aromatic rings. The summed E-state index contributed by atoms with van der Waals surface area (Å²) in [6.45, 7) is 2.02. The average molecular weight is 385 g/mol. The minimum absolute atomic E-state index is 0.145. The molecule has 5 rings (SSSR count). The molecule has 1 atom stereocenters. The second-order valence-electron chi connectivity index (χ2n) is 6.69. The summed E-state index contributed by atoms with van der Waals surface area (Å²) in [7, 11) is 0. The maximum atomic E-state index is 13.7. The zero-order chi connectivity index (χ0) is 19.8. The third-order valence-electron chi connectivity index (χ3n) is 4.79. The van der Waals surface area contributed by atoms with Gasteiger partial charge in [-0.15, -0.1) is 0 Å². The smallest absolute Gasteiger partial charge is 0.182 e. The van der Waals surface area contributed by atoms with E-state index < -0.39 is 0 Å². The van der Waals surface area contributed by atoms with E-state index >= 15 is 0 Å². The van der Waals surface area contributed by atoms with Crippen molar-refractivity contribution in [3.05, 3.63) is 72.8 Å². The van der Waals surface area contributed by atoms with Gasteiger partial charge in [-0.05, 0) is 37.3 Å². The van der Waals surface area contributed by atoms with E-state index in [1.165, 1.54) is 18.5 Å². The molecule has 0 fully saturated rings. The summed E-state index contributed by atoms with van der Waals surface area (Å²) in [6.07, 6.45) is 6.52. The Labute approximate surface area is 165 Å². The lowest BCUT2D eigenvalue weighted by Gasteiger charge is -2.19. The fourth-order valence-corrected chi connectivity index (χ4v) is 3.38. The second kappa shape index (κ2) is 6.90. The number of anilines is 1. The topological polar surface area (TPSA) is 92.3 Å². The molecule has 0 bridgehead atoms. The van der Waals surface area contributed by atoms with Crippen molar-refractivity contribution in [2.24, 2.45) is 0 Å². The third kappa shape index (κ3) is 3.14. The zero-order valence-corrected chi connectivity index (χ0v) is 15.5. The van der Waals surface area contributed by atoms with Crippen molar-refractivity contribution in [1.29, 1.82) is 0 Å². The largest absolute Gasteiger partial charge is 0.362 e. The van der Waals surface area contributed by atoms with E-state index in [0.717, 1.165) is 27.7 Å². The highest BCUT2D eigenvalue weighted by Crippen LogP contribution is 2.32. The quantitative estimate of drug-likeness (QED) is 0.480. The number of aromatic amines is 1. The van der Waals surface area contributed by atoms with E-state index in [1.54, 1.807) is 24.8 Å². The van der Waals surface area contributed by atoms with E-state index in [9.17, 15) is 4.39 Å². The molecule has 142 valence electrons. The summed E-state index contributed by atoms with van der Waals surface area (Å²) in [5.41, 5.74) is 4.47. The number of hydrogen-bond donors (Lipinski definition) is 2. The van der Waals surface area contributed by atoms with Crippen LogP contribution >= 0.6 is 0 Å². The van der Waals surface area contributed by atoms with Gasteiger partial charge in [-0.25, -0.2) is 24.3 Å². The van der Waals surface area contributed by atoms with Crippen molar-refractivity contribution in [2.75, 3.05) is 5.32 Å². The fraction of sp³-hybridized carbons (Fsp3) is 0.0952. The van der Waals surface area contributed by atoms with E-state index in [0.29, 0.717) is 17.0 Å². The van der Waals surface area contributed by atoms with Gasteiger partial charge < -0.3 is 10.3 Å². The van der Waals surface area contributed by atoms with Gasteiger partial charge in [-0.3, -0.25) is 4.98 Å². The van der Waals surface area contributed by atoms with Crippen molar-refractivity contribution in [3.63, 3.8) is 0 Å². The molecule has 29 heavy (non-hydrogen) atoms. The maximum Gasteiger partial charge on any atom is 0.182 e. The molecular formula is C21H16FN7. The van der Waals surface area contributed by atoms with Crippen LogP contribution < -0.4 is 5.32 Å². The van der Waals surface area contributed by atoms with Gasteiger partial charge >= 0.3 is 0 Å². The number of nitrogens with one attached hydrogen (secondary N) is 2. The molecule has 0 spiro atoms. The van der Waals surface area contributed by atoms with Crippen LogP contribution in [-0.2, 0) is 0 Å². The molecule has 7 nitrogen and oxygen atoms in total. The molecule has 1 unspecified atom stereocenters. The predicted octanol–water partition coefficient (Wildman–Crippen LogP) is 4.28. The van der Waals surface area contributed by atoms with Crippen LogP contribution in [0.4, 0.5) is 10.2 Å². The molecule has 0 radical (unpaired) electrons. The number of halogens is 1. The monoisotopic (exact) mass is 385 g/mol. The maximum absolute atomic E-state index is 13.7. The van der Waals surface area contributed by atoms with E-state index in [1.807, 2.05) is 25.1 Å². The molecule has 0 saturated heterocycles. The van der Waals surface area contributed by atoms with E-state index in [2.05, 4.69) is 30.2 Å². The molecule has 1 aromatic carbocycles. The van der Waals surface area contributed by atoms with E-state index in [4.69, 9.17) is 4.98 Å². The Balaban J connectivity index is 1.64. The van der Waals surface area contributed by atoms with Crippen molar-refractivity contribution in [1.82, 2.24) is 29.9 Å². The molecular weight excluding hydrogens is 369 g/mol. The number of H-pyrrole nitrogens is 1. The molecule has 0 saturated carbocycles. The van der Waals surface area contributed by atoms with E-state index in [-0.39, 0.29) is 11.9 Å². The molecule has 4 aromatic heterocycles. The van der Waals surface area contributed by atoms with Gasteiger partial charge in [0.05, 0.1) is 23.6 Å². The van der Waals surface area contributed by atoms with Crippen LogP contribution in [0, 0.1) is 5.82 Å². The second-order valence-corrected chi connectivity index (χ2v) is 6.69. The molecule has 4 heterocycles. The van der Waals surface area contributed by atoms with Crippen LogP contribution in [0.1, 0.15) is 18.5 Å². The third-order valence-corrected chi connectivity index (χ3v) is 4.79. The zero-order valence-electron chi connectivity index (χ0n) is 15.5. The van der Waals surface area contributed by atoms with Crippen molar-refractivity contribution >= 4 is 27.9 Å². The highest BCUT2D eigenvalue weighted by molar-refractivity contribution is 5.85. The van der Waals surface area contributed by atoms with Gasteiger partial charge in [0.2, 0.25) is 0 Å². The first-order valence-corrected chi connectivity index (χ1v) is 9.10. The molecule has 0 aliphatic carbocycles. The Morgan fingerprint density at radius 3 is 2.90 bits per heavy atom. The Morgan fingerprint density at radius 2 is 2.03 bits per heavy atom. The first-order valence-electron chi connectivity index (χ1n) is 9.10. The van der Waals surface area contributed by atoms with Crippen molar-refractivity contribution in [2.45, 2.75) is 13.0 Å². The van der Waals surface area contributed by atoms with Crippen LogP contribution in [0.25, 0.3) is 33.3 Å². The molecule has 8 heteroatoms. The Morgan fingerprint density at radius 1 is 1.10 bits per heavy atom.